The first kappa shape index (κ1) is 12.7. The van der Waals surface area contributed by atoms with Gasteiger partial charge in [0.1, 0.15) is 5.82 Å². The molecule has 1 heterocycles. The Kier molecular flexibility index (Phi) is 4.05. The van der Waals surface area contributed by atoms with E-state index in [-0.39, 0.29) is 22.8 Å². The second kappa shape index (κ2) is 5.74. The van der Waals surface area contributed by atoms with Gasteiger partial charge in [-0.1, -0.05) is 17.7 Å². The fourth-order valence-electron chi connectivity index (χ4n) is 1.65. The number of ketones is 1. The van der Waals surface area contributed by atoms with E-state index in [4.69, 9.17) is 11.6 Å². The number of aryl methyl sites for hydroxylation is 1. The molecule has 0 saturated carbocycles. The van der Waals surface area contributed by atoms with Crippen LogP contribution in [0.5, 0.6) is 0 Å². The maximum atomic E-state index is 13.0. The van der Waals surface area contributed by atoms with Crippen LogP contribution in [0.4, 0.5) is 4.39 Å². The topological polar surface area (TPSA) is 30.0 Å². The summed E-state index contributed by atoms with van der Waals surface area (Å²) in [6, 6.07) is 7.52. The molecular formula is C14H11ClFNO. The third kappa shape index (κ3) is 3.14. The molecule has 2 nitrogen and oxygen atoms in total. The second-order valence-corrected chi connectivity index (χ2v) is 4.32. The van der Waals surface area contributed by atoms with Crippen LogP contribution in [0.3, 0.4) is 0 Å². The van der Waals surface area contributed by atoms with E-state index in [1.54, 1.807) is 12.4 Å². The van der Waals surface area contributed by atoms with Crippen molar-refractivity contribution in [3.8, 4) is 0 Å². The van der Waals surface area contributed by atoms with Crippen LogP contribution in [-0.2, 0) is 6.42 Å². The SMILES string of the molecule is O=C(CCc1cccnc1)c1cc(F)ccc1Cl. The minimum Gasteiger partial charge on any atom is -0.294 e. The van der Waals surface area contributed by atoms with E-state index < -0.39 is 5.82 Å². The van der Waals surface area contributed by atoms with E-state index in [1.807, 2.05) is 12.1 Å². The Morgan fingerprint density at radius 3 is 2.89 bits per heavy atom. The minimum absolute atomic E-state index is 0.164. The zero-order valence-electron chi connectivity index (χ0n) is 9.57. The highest BCUT2D eigenvalue weighted by atomic mass is 35.5. The van der Waals surface area contributed by atoms with Crippen LogP contribution >= 0.6 is 11.6 Å². The quantitative estimate of drug-likeness (QED) is 0.788. The van der Waals surface area contributed by atoms with Gasteiger partial charge in [-0.15, -0.1) is 0 Å². The van der Waals surface area contributed by atoms with Crippen molar-refractivity contribution in [2.45, 2.75) is 12.8 Å². The van der Waals surface area contributed by atoms with Crippen LogP contribution < -0.4 is 0 Å². The molecule has 0 aliphatic rings. The van der Waals surface area contributed by atoms with Gasteiger partial charge in [0.15, 0.2) is 5.78 Å². The van der Waals surface area contributed by atoms with E-state index in [9.17, 15) is 9.18 Å². The molecule has 1 aromatic heterocycles. The largest absolute Gasteiger partial charge is 0.294 e. The molecule has 0 fully saturated rings. The third-order valence-electron chi connectivity index (χ3n) is 2.59. The summed E-state index contributed by atoms with van der Waals surface area (Å²) in [6.45, 7) is 0. The fourth-order valence-corrected chi connectivity index (χ4v) is 1.87. The first-order valence-corrected chi connectivity index (χ1v) is 5.92. The third-order valence-corrected chi connectivity index (χ3v) is 2.92. The van der Waals surface area contributed by atoms with Crippen molar-refractivity contribution >= 4 is 17.4 Å². The monoisotopic (exact) mass is 263 g/mol. The Bertz CT molecular complexity index is 557. The molecular weight excluding hydrogens is 253 g/mol. The smallest absolute Gasteiger partial charge is 0.164 e. The van der Waals surface area contributed by atoms with Crippen molar-refractivity contribution in [2.24, 2.45) is 0 Å². The number of hydrogen-bond donors (Lipinski definition) is 0. The van der Waals surface area contributed by atoms with Crippen molar-refractivity contribution in [3.63, 3.8) is 0 Å². The lowest BCUT2D eigenvalue weighted by Gasteiger charge is -2.04. The van der Waals surface area contributed by atoms with Gasteiger partial charge in [0.2, 0.25) is 0 Å². The molecule has 0 spiro atoms. The maximum Gasteiger partial charge on any atom is 0.164 e. The predicted molar refractivity (Wildman–Crippen MR) is 68.3 cm³/mol. The molecule has 2 rings (SSSR count). The molecule has 0 aliphatic carbocycles. The number of hydrogen-bond acceptors (Lipinski definition) is 2. The van der Waals surface area contributed by atoms with Gasteiger partial charge in [-0.3, -0.25) is 9.78 Å². The summed E-state index contributed by atoms with van der Waals surface area (Å²) in [6.07, 6.45) is 4.24. The summed E-state index contributed by atoms with van der Waals surface area (Å²) in [5.74, 6) is -0.618. The molecule has 0 unspecified atom stereocenters. The maximum absolute atomic E-state index is 13.0. The average molecular weight is 264 g/mol. The van der Waals surface area contributed by atoms with Crippen LogP contribution in [0.2, 0.25) is 5.02 Å². The molecule has 0 radical (unpaired) electrons. The molecule has 4 heteroatoms. The lowest BCUT2D eigenvalue weighted by molar-refractivity contribution is 0.0982. The summed E-state index contributed by atoms with van der Waals surface area (Å²) in [4.78, 5) is 15.9. The highest BCUT2D eigenvalue weighted by Gasteiger charge is 2.11. The van der Waals surface area contributed by atoms with Crippen molar-refractivity contribution in [2.75, 3.05) is 0 Å². The van der Waals surface area contributed by atoms with E-state index in [2.05, 4.69) is 4.98 Å². The molecule has 92 valence electrons. The molecule has 18 heavy (non-hydrogen) atoms. The minimum atomic E-state index is -0.455. The fraction of sp³-hybridized carbons (Fsp3) is 0.143. The van der Waals surface area contributed by atoms with Gasteiger partial charge in [0.05, 0.1) is 5.02 Å². The first-order valence-electron chi connectivity index (χ1n) is 5.54. The Morgan fingerprint density at radius 1 is 1.33 bits per heavy atom. The zero-order chi connectivity index (χ0) is 13.0. The molecule has 0 saturated heterocycles. The van der Waals surface area contributed by atoms with Gasteiger partial charge in [-0.25, -0.2) is 4.39 Å². The number of benzene rings is 1. The highest BCUT2D eigenvalue weighted by molar-refractivity contribution is 6.33. The summed E-state index contributed by atoms with van der Waals surface area (Å²) in [7, 11) is 0. The van der Waals surface area contributed by atoms with Crippen molar-refractivity contribution in [1.29, 1.82) is 0 Å². The average Bonchev–Trinajstić information content (AvgIpc) is 2.40. The van der Waals surface area contributed by atoms with Crippen LogP contribution in [0.15, 0.2) is 42.7 Å². The van der Waals surface area contributed by atoms with Gasteiger partial charge >= 0.3 is 0 Å². The van der Waals surface area contributed by atoms with Crippen LogP contribution in [0.1, 0.15) is 22.3 Å². The van der Waals surface area contributed by atoms with E-state index >= 15 is 0 Å². The summed E-state index contributed by atoms with van der Waals surface area (Å²) in [5, 5.41) is 0.285. The number of carbonyl (C=O) groups excluding carboxylic acids is 1. The zero-order valence-corrected chi connectivity index (χ0v) is 10.3. The molecule has 2 aromatic rings. The predicted octanol–water partition coefficient (Wildman–Crippen LogP) is 3.69. The Morgan fingerprint density at radius 2 is 2.17 bits per heavy atom. The molecule has 0 amide bonds. The lowest BCUT2D eigenvalue weighted by Crippen LogP contribution is -2.03. The van der Waals surface area contributed by atoms with E-state index in [1.165, 1.54) is 18.2 Å². The number of rotatable bonds is 4. The first-order chi connectivity index (χ1) is 8.66. The molecule has 0 bridgehead atoms. The number of aromatic nitrogens is 1. The van der Waals surface area contributed by atoms with Gasteiger partial charge in [0, 0.05) is 24.4 Å². The summed E-state index contributed by atoms with van der Waals surface area (Å²) >= 11 is 5.87. The number of Topliss-reactive ketones (excluding diaryl/α,β-unsaturated/α-hetero) is 1. The van der Waals surface area contributed by atoms with Gasteiger partial charge < -0.3 is 0 Å². The molecule has 1 aromatic carbocycles. The lowest BCUT2D eigenvalue weighted by atomic mass is 10.0. The summed E-state index contributed by atoms with van der Waals surface area (Å²) < 4.78 is 13.0. The van der Waals surface area contributed by atoms with Gasteiger partial charge in [0.25, 0.3) is 0 Å². The van der Waals surface area contributed by atoms with Gasteiger partial charge in [-0.2, -0.15) is 0 Å². The standard InChI is InChI=1S/C14H11ClFNO/c15-13-5-4-11(16)8-12(13)14(18)6-3-10-2-1-7-17-9-10/h1-2,4-5,7-9H,3,6H2. The van der Waals surface area contributed by atoms with Gasteiger partial charge in [-0.05, 0) is 36.2 Å². The van der Waals surface area contributed by atoms with Crippen molar-refractivity contribution in [1.82, 2.24) is 4.98 Å². The number of pyridine rings is 1. The second-order valence-electron chi connectivity index (χ2n) is 3.91. The highest BCUT2D eigenvalue weighted by Crippen LogP contribution is 2.19. The molecule has 0 aliphatic heterocycles. The number of carbonyl (C=O) groups is 1. The summed E-state index contributed by atoms with van der Waals surface area (Å²) in [5.41, 5.74) is 1.21. The van der Waals surface area contributed by atoms with E-state index in [0.717, 1.165) is 5.56 Å². The molecule has 0 N–H and O–H groups in total. The number of halogens is 2. The van der Waals surface area contributed by atoms with Crippen LogP contribution in [0, 0.1) is 5.82 Å². The van der Waals surface area contributed by atoms with Crippen LogP contribution in [-0.4, -0.2) is 10.8 Å². The number of nitrogens with zero attached hydrogens (tertiary/aromatic N) is 1. The Hall–Kier alpha value is -1.74. The Labute approximate surface area is 109 Å². The Balaban J connectivity index is 2.06. The van der Waals surface area contributed by atoms with Crippen molar-refractivity contribution < 1.29 is 9.18 Å². The molecule has 0 atom stereocenters. The van der Waals surface area contributed by atoms with E-state index in [0.29, 0.717) is 6.42 Å². The van der Waals surface area contributed by atoms with Crippen LogP contribution in [0.25, 0.3) is 0 Å². The van der Waals surface area contributed by atoms with Crippen molar-refractivity contribution in [3.05, 3.63) is 64.7 Å². The normalized spacial score (nSPS) is 10.3.